The average Bonchev–Trinajstić information content (AvgIpc) is 2.68. The Hall–Kier alpha value is -1.81. The van der Waals surface area contributed by atoms with E-state index in [4.69, 9.17) is 10.5 Å². The highest BCUT2D eigenvalue weighted by molar-refractivity contribution is 5.37. The van der Waals surface area contributed by atoms with Gasteiger partial charge in [0.1, 0.15) is 5.75 Å². The topological polar surface area (TPSA) is 53.1 Å². The van der Waals surface area contributed by atoms with Gasteiger partial charge in [-0.1, -0.05) is 6.07 Å². The summed E-state index contributed by atoms with van der Waals surface area (Å²) in [6, 6.07) is 6.25. The molecule has 1 aromatic heterocycles. The van der Waals surface area contributed by atoms with E-state index in [1.165, 1.54) is 11.1 Å². The van der Waals surface area contributed by atoms with Gasteiger partial charge in [-0.3, -0.25) is 4.68 Å². The van der Waals surface area contributed by atoms with E-state index >= 15 is 0 Å². The van der Waals surface area contributed by atoms with Crippen molar-refractivity contribution in [2.24, 2.45) is 12.8 Å². The molecule has 4 nitrogen and oxygen atoms in total. The first kappa shape index (κ1) is 12.6. The fraction of sp³-hybridized carbons (Fsp3) is 0.357. The maximum Gasteiger partial charge on any atom is 0.165 e. The highest BCUT2D eigenvalue weighted by Crippen LogP contribution is 2.23. The Labute approximate surface area is 107 Å². The van der Waals surface area contributed by atoms with E-state index < -0.39 is 0 Å². The summed E-state index contributed by atoms with van der Waals surface area (Å²) < 4.78 is 7.44. The van der Waals surface area contributed by atoms with Crippen molar-refractivity contribution in [1.29, 1.82) is 0 Å². The molecule has 0 aliphatic heterocycles. The highest BCUT2D eigenvalue weighted by Gasteiger charge is 2.05. The summed E-state index contributed by atoms with van der Waals surface area (Å²) in [5.41, 5.74) is 8.29. The predicted molar refractivity (Wildman–Crippen MR) is 71.8 cm³/mol. The molecule has 1 aromatic carbocycles. The molecular formula is C14H19N3O. The van der Waals surface area contributed by atoms with Crippen LogP contribution in [-0.4, -0.2) is 15.8 Å². The van der Waals surface area contributed by atoms with Crippen LogP contribution in [0.1, 0.15) is 18.1 Å². The van der Waals surface area contributed by atoms with Crippen LogP contribution in [0.3, 0.4) is 0 Å². The zero-order chi connectivity index (χ0) is 13.1. The Bertz CT molecular complexity index is 532. The van der Waals surface area contributed by atoms with Crippen molar-refractivity contribution in [3.63, 3.8) is 0 Å². The second-order valence-corrected chi connectivity index (χ2v) is 4.72. The van der Waals surface area contributed by atoms with Crippen LogP contribution in [-0.2, 0) is 13.5 Å². The number of rotatable bonds is 4. The van der Waals surface area contributed by atoms with Gasteiger partial charge >= 0.3 is 0 Å². The molecule has 2 rings (SSSR count). The van der Waals surface area contributed by atoms with E-state index in [0.29, 0.717) is 0 Å². The molecule has 4 heteroatoms. The molecule has 0 radical (unpaired) electrons. The van der Waals surface area contributed by atoms with Crippen LogP contribution in [0.5, 0.6) is 11.5 Å². The maximum atomic E-state index is 5.82. The number of hydrogen-bond donors (Lipinski definition) is 1. The van der Waals surface area contributed by atoms with Crippen molar-refractivity contribution in [3.05, 3.63) is 41.7 Å². The van der Waals surface area contributed by atoms with E-state index in [0.717, 1.165) is 17.9 Å². The SMILES string of the molecule is Cc1cc(Oc2cnn(C)c2)ccc1CC(C)N. The molecule has 0 spiro atoms. The van der Waals surface area contributed by atoms with Gasteiger partial charge in [0.2, 0.25) is 0 Å². The number of nitrogens with two attached hydrogens (primary N) is 1. The normalized spacial score (nSPS) is 12.4. The molecule has 0 aliphatic carbocycles. The van der Waals surface area contributed by atoms with Crippen molar-refractivity contribution in [3.8, 4) is 11.5 Å². The number of aromatic nitrogens is 2. The van der Waals surface area contributed by atoms with Gasteiger partial charge in [0.15, 0.2) is 5.75 Å². The fourth-order valence-electron chi connectivity index (χ4n) is 1.90. The van der Waals surface area contributed by atoms with Gasteiger partial charge in [0, 0.05) is 13.1 Å². The number of nitrogens with zero attached hydrogens (tertiary/aromatic N) is 2. The molecule has 1 heterocycles. The molecule has 2 N–H and O–H groups in total. The molecule has 0 bridgehead atoms. The molecule has 1 atom stereocenters. The summed E-state index contributed by atoms with van der Waals surface area (Å²) >= 11 is 0. The molecule has 96 valence electrons. The minimum atomic E-state index is 0.175. The highest BCUT2D eigenvalue weighted by atomic mass is 16.5. The van der Waals surface area contributed by atoms with Crippen LogP contribution in [0.25, 0.3) is 0 Å². The summed E-state index contributed by atoms with van der Waals surface area (Å²) in [6.07, 6.45) is 4.43. The van der Waals surface area contributed by atoms with Gasteiger partial charge in [-0.25, -0.2) is 0 Å². The van der Waals surface area contributed by atoms with Crippen LogP contribution in [0.4, 0.5) is 0 Å². The van der Waals surface area contributed by atoms with E-state index in [1.807, 2.05) is 32.3 Å². The quantitative estimate of drug-likeness (QED) is 0.900. The molecule has 0 saturated heterocycles. The van der Waals surface area contributed by atoms with Crippen molar-refractivity contribution in [2.45, 2.75) is 26.3 Å². The van der Waals surface area contributed by atoms with Crippen LogP contribution in [0, 0.1) is 6.92 Å². The average molecular weight is 245 g/mol. The summed E-state index contributed by atoms with van der Waals surface area (Å²) in [4.78, 5) is 0. The molecule has 18 heavy (non-hydrogen) atoms. The lowest BCUT2D eigenvalue weighted by Gasteiger charge is -2.10. The van der Waals surface area contributed by atoms with Crippen molar-refractivity contribution in [2.75, 3.05) is 0 Å². The van der Waals surface area contributed by atoms with Crippen LogP contribution < -0.4 is 10.5 Å². The molecule has 2 aromatic rings. The lowest BCUT2D eigenvalue weighted by molar-refractivity contribution is 0.481. The van der Waals surface area contributed by atoms with Crippen molar-refractivity contribution >= 4 is 0 Å². The van der Waals surface area contributed by atoms with Crippen LogP contribution >= 0.6 is 0 Å². The summed E-state index contributed by atoms with van der Waals surface area (Å²) in [5, 5.41) is 4.07. The second-order valence-electron chi connectivity index (χ2n) is 4.72. The van der Waals surface area contributed by atoms with Crippen molar-refractivity contribution < 1.29 is 4.74 Å². The second kappa shape index (κ2) is 5.23. The van der Waals surface area contributed by atoms with Gasteiger partial charge in [-0.15, -0.1) is 0 Å². The number of aryl methyl sites for hydroxylation is 2. The molecule has 0 saturated carbocycles. The number of benzene rings is 1. The zero-order valence-electron chi connectivity index (χ0n) is 11.1. The third-order valence-corrected chi connectivity index (χ3v) is 2.77. The Morgan fingerprint density at radius 3 is 2.72 bits per heavy atom. The van der Waals surface area contributed by atoms with E-state index in [1.54, 1.807) is 10.9 Å². The van der Waals surface area contributed by atoms with E-state index in [2.05, 4.69) is 18.1 Å². The monoisotopic (exact) mass is 245 g/mol. The molecule has 0 fully saturated rings. The standard InChI is InChI=1S/C14H19N3O/c1-10-6-13(5-4-12(10)7-11(2)15)18-14-8-16-17(3)9-14/h4-6,8-9,11H,7,15H2,1-3H3. The van der Waals surface area contributed by atoms with Crippen LogP contribution in [0.2, 0.25) is 0 Å². The van der Waals surface area contributed by atoms with E-state index in [9.17, 15) is 0 Å². The first-order valence-electron chi connectivity index (χ1n) is 6.06. The molecule has 0 aliphatic rings. The van der Waals surface area contributed by atoms with Gasteiger partial charge in [0.25, 0.3) is 0 Å². The summed E-state index contributed by atoms with van der Waals surface area (Å²) in [6.45, 7) is 4.09. The zero-order valence-corrected chi connectivity index (χ0v) is 11.1. The maximum absolute atomic E-state index is 5.82. The Morgan fingerprint density at radius 2 is 2.17 bits per heavy atom. The lowest BCUT2D eigenvalue weighted by Crippen LogP contribution is -2.18. The minimum Gasteiger partial charge on any atom is -0.454 e. The van der Waals surface area contributed by atoms with Crippen LogP contribution in [0.15, 0.2) is 30.6 Å². The van der Waals surface area contributed by atoms with E-state index in [-0.39, 0.29) is 6.04 Å². The minimum absolute atomic E-state index is 0.175. The first-order valence-corrected chi connectivity index (χ1v) is 6.06. The molecule has 0 amide bonds. The van der Waals surface area contributed by atoms with Gasteiger partial charge in [-0.2, -0.15) is 5.10 Å². The third kappa shape index (κ3) is 3.11. The summed E-state index contributed by atoms with van der Waals surface area (Å²) in [5.74, 6) is 1.57. The Kier molecular flexibility index (Phi) is 3.67. The molecular weight excluding hydrogens is 226 g/mol. The Morgan fingerprint density at radius 1 is 1.39 bits per heavy atom. The Balaban J connectivity index is 2.13. The lowest BCUT2D eigenvalue weighted by atomic mass is 10.0. The third-order valence-electron chi connectivity index (χ3n) is 2.77. The fourth-order valence-corrected chi connectivity index (χ4v) is 1.90. The number of ether oxygens (including phenoxy) is 1. The van der Waals surface area contributed by atoms with Gasteiger partial charge < -0.3 is 10.5 Å². The smallest absolute Gasteiger partial charge is 0.165 e. The van der Waals surface area contributed by atoms with Gasteiger partial charge in [0.05, 0.1) is 12.4 Å². The number of hydrogen-bond acceptors (Lipinski definition) is 3. The van der Waals surface area contributed by atoms with Gasteiger partial charge in [-0.05, 0) is 43.5 Å². The van der Waals surface area contributed by atoms with Crippen molar-refractivity contribution in [1.82, 2.24) is 9.78 Å². The largest absolute Gasteiger partial charge is 0.454 e. The molecule has 1 unspecified atom stereocenters. The summed E-state index contributed by atoms with van der Waals surface area (Å²) in [7, 11) is 1.86. The predicted octanol–water partition coefficient (Wildman–Crippen LogP) is 2.41. The first-order chi connectivity index (χ1) is 8.54.